The fourth-order valence-electron chi connectivity index (χ4n) is 1.92. The monoisotopic (exact) mass is 270 g/mol. The lowest BCUT2D eigenvalue weighted by molar-refractivity contribution is -0.137. The predicted octanol–water partition coefficient (Wildman–Crippen LogP) is 2.08. The van der Waals surface area contributed by atoms with Crippen molar-refractivity contribution < 1.29 is 18.3 Å². The van der Waals surface area contributed by atoms with E-state index in [2.05, 4.69) is 0 Å². The van der Waals surface area contributed by atoms with Gasteiger partial charge in [-0.1, -0.05) is 29.3 Å². The first kappa shape index (κ1) is 14.7. The summed E-state index contributed by atoms with van der Waals surface area (Å²) in [6.07, 6.45) is 0.0640. The van der Waals surface area contributed by atoms with Crippen molar-refractivity contribution >= 4 is 15.8 Å². The molecule has 1 aromatic carbocycles. The third kappa shape index (κ3) is 5.31. The van der Waals surface area contributed by atoms with Crippen LogP contribution in [-0.2, 0) is 20.4 Å². The minimum atomic E-state index is -3.23. The van der Waals surface area contributed by atoms with E-state index in [1.807, 2.05) is 32.0 Å². The Hall–Kier alpha value is -1.36. The molecule has 18 heavy (non-hydrogen) atoms. The van der Waals surface area contributed by atoms with Crippen molar-refractivity contribution in [2.45, 2.75) is 32.4 Å². The normalized spacial score (nSPS) is 11.4. The van der Waals surface area contributed by atoms with Gasteiger partial charge in [0.2, 0.25) is 0 Å². The summed E-state index contributed by atoms with van der Waals surface area (Å²) >= 11 is 0. The van der Waals surface area contributed by atoms with Crippen LogP contribution in [0.15, 0.2) is 18.2 Å². The zero-order valence-electron chi connectivity index (χ0n) is 10.6. The number of benzene rings is 1. The van der Waals surface area contributed by atoms with Crippen LogP contribution < -0.4 is 0 Å². The second kappa shape index (κ2) is 6.00. The Morgan fingerprint density at radius 1 is 1.17 bits per heavy atom. The Morgan fingerprint density at radius 3 is 2.22 bits per heavy atom. The van der Waals surface area contributed by atoms with E-state index in [1.165, 1.54) is 0 Å². The van der Waals surface area contributed by atoms with Crippen LogP contribution in [0, 0.1) is 13.8 Å². The molecule has 0 saturated carbocycles. The van der Waals surface area contributed by atoms with Crippen LogP contribution in [0.4, 0.5) is 0 Å². The molecule has 1 aromatic rings. The number of aliphatic carboxylic acids is 1. The molecule has 0 aliphatic heterocycles. The molecule has 0 spiro atoms. The maximum absolute atomic E-state index is 11.8. The van der Waals surface area contributed by atoms with Crippen LogP contribution in [0.25, 0.3) is 0 Å². The molecule has 0 atom stereocenters. The number of hydrogen-bond acceptors (Lipinski definition) is 3. The van der Waals surface area contributed by atoms with Crippen molar-refractivity contribution in [3.63, 3.8) is 0 Å². The molecule has 0 bridgehead atoms. The zero-order valence-corrected chi connectivity index (χ0v) is 11.5. The van der Waals surface area contributed by atoms with Gasteiger partial charge in [0, 0.05) is 6.42 Å². The molecular weight excluding hydrogens is 252 g/mol. The Morgan fingerprint density at radius 2 is 1.72 bits per heavy atom. The number of sulfone groups is 1. The van der Waals surface area contributed by atoms with Gasteiger partial charge in [0.15, 0.2) is 9.84 Å². The molecule has 0 aliphatic carbocycles. The summed E-state index contributed by atoms with van der Waals surface area (Å²) in [7, 11) is -3.23. The molecule has 4 nitrogen and oxygen atoms in total. The van der Waals surface area contributed by atoms with E-state index < -0.39 is 15.8 Å². The minimum Gasteiger partial charge on any atom is -0.481 e. The van der Waals surface area contributed by atoms with Crippen LogP contribution >= 0.6 is 0 Å². The number of carbonyl (C=O) groups is 1. The number of hydrogen-bond donors (Lipinski definition) is 1. The lowest BCUT2D eigenvalue weighted by Crippen LogP contribution is -2.11. The van der Waals surface area contributed by atoms with Crippen molar-refractivity contribution in [3.05, 3.63) is 34.9 Å². The first-order valence-corrected chi connectivity index (χ1v) is 7.60. The van der Waals surface area contributed by atoms with Gasteiger partial charge in [-0.3, -0.25) is 4.79 Å². The van der Waals surface area contributed by atoms with E-state index in [9.17, 15) is 13.2 Å². The molecule has 1 N–H and O–H groups in total. The van der Waals surface area contributed by atoms with E-state index >= 15 is 0 Å². The predicted molar refractivity (Wildman–Crippen MR) is 70.3 cm³/mol. The summed E-state index contributed by atoms with van der Waals surface area (Å²) in [5, 5.41) is 8.48. The highest BCUT2D eigenvalue weighted by Crippen LogP contribution is 2.13. The van der Waals surface area contributed by atoms with E-state index in [-0.39, 0.29) is 24.3 Å². The second-order valence-corrected chi connectivity index (χ2v) is 6.77. The van der Waals surface area contributed by atoms with E-state index in [0.717, 1.165) is 16.7 Å². The smallest absolute Gasteiger partial charge is 0.303 e. The molecule has 0 radical (unpaired) electrons. The first-order chi connectivity index (χ1) is 8.28. The highest BCUT2D eigenvalue weighted by Gasteiger charge is 2.13. The molecule has 0 heterocycles. The second-order valence-electron chi connectivity index (χ2n) is 4.59. The molecule has 0 fully saturated rings. The van der Waals surface area contributed by atoms with Gasteiger partial charge in [-0.2, -0.15) is 0 Å². The van der Waals surface area contributed by atoms with Crippen molar-refractivity contribution in [3.8, 4) is 0 Å². The summed E-state index contributed by atoms with van der Waals surface area (Å²) < 4.78 is 23.6. The van der Waals surface area contributed by atoms with E-state index in [0.29, 0.717) is 0 Å². The number of carboxylic acids is 1. The minimum absolute atomic E-state index is 0.0187. The van der Waals surface area contributed by atoms with Gasteiger partial charge in [0.25, 0.3) is 0 Å². The maximum Gasteiger partial charge on any atom is 0.303 e. The van der Waals surface area contributed by atoms with Gasteiger partial charge in [-0.15, -0.1) is 0 Å². The Bertz CT molecular complexity index is 512. The molecule has 0 saturated heterocycles. The molecule has 100 valence electrons. The lowest BCUT2D eigenvalue weighted by Gasteiger charge is -2.06. The number of carboxylic acid groups (broad SMARTS) is 1. The van der Waals surface area contributed by atoms with Gasteiger partial charge >= 0.3 is 5.97 Å². The van der Waals surface area contributed by atoms with Gasteiger partial charge in [0.05, 0.1) is 11.5 Å². The number of rotatable bonds is 6. The van der Waals surface area contributed by atoms with Gasteiger partial charge in [0.1, 0.15) is 0 Å². The first-order valence-electron chi connectivity index (χ1n) is 5.78. The van der Waals surface area contributed by atoms with Crippen molar-refractivity contribution in [1.29, 1.82) is 0 Å². The van der Waals surface area contributed by atoms with Gasteiger partial charge < -0.3 is 5.11 Å². The average molecular weight is 270 g/mol. The fourth-order valence-corrected chi connectivity index (χ4v) is 3.32. The van der Waals surface area contributed by atoms with Crippen LogP contribution in [0.5, 0.6) is 0 Å². The highest BCUT2D eigenvalue weighted by atomic mass is 32.2. The molecule has 5 heteroatoms. The molecule has 0 aliphatic rings. The summed E-state index contributed by atoms with van der Waals surface area (Å²) in [5.41, 5.74) is 2.83. The number of aryl methyl sites for hydroxylation is 2. The van der Waals surface area contributed by atoms with Gasteiger partial charge in [-0.05, 0) is 25.8 Å². The van der Waals surface area contributed by atoms with E-state index in [4.69, 9.17) is 5.11 Å². The van der Waals surface area contributed by atoms with Gasteiger partial charge in [-0.25, -0.2) is 8.42 Å². The quantitative estimate of drug-likeness (QED) is 0.859. The summed E-state index contributed by atoms with van der Waals surface area (Å²) in [5.74, 6) is -1.06. The van der Waals surface area contributed by atoms with E-state index in [1.54, 1.807) is 0 Å². The largest absolute Gasteiger partial charge is 0.481 e. The standard InChI is InChI=1S/C13H18O4S/c1-10-6-11(2)8-12(7-10)9-18(16,17)5-3-4-13(14)15/h6-8H,3-5,9H2,1-2H3,(H,14,15). The Balaban J connectivity index is 2.67. The topological polar surface area (TPSA) is 71.4 Å². The van der Waals surface area contributed by atoms with Crippen LogP contribution in [0.2, 0.25) is 0 Å². The Labute approximate surface area is 108 Å². The Kier molecular flexibility index (Phi) is 4.90. The fraction of sp³-hybridized carbons (Fsp3) is 0.462. The molecule has 0 aromatic heterocycles. The summed E-state index contributed by atoms with van der Waals surface area (Å²) in [6, 6.07) is 5.68. The van der Waals surface area contributed by atoms with Crippen molar-refractivity contribution in [2.24, 2.45) is 0 Å². The third-order valence-corrected chi connectivity index (χ3v) is 4.20. The van der Waals surface area contributed by atoms with Crippen LogP contribution in [0.1, 0.15) is 29.5 Å². The lowest BCUT2D eigenvalue weighted by atomic mass is 10.1. The molecule has 1 rings (SSSR count). The zero-order chi connectivity index (χ0) is 13.8. The van der Waals surface area contributed by atoms with Crippen molar-refractivity contribution in [1.82, 2.24) is 0 Å². The van der Waals surface area contributed by atoms with Crippen LogP contribution in [0.3, 0.4) is 0 Å². The highest BCUT2D eigenvalue weighted by molar-refractivity contribution is 7.90. The average Bonchev–Trinajstić information content (AvgIpc) is 2.12. The maximum atomic E-state index is 11.8. The van der Waals surface area contributed by atoms with Crippen molar-refractivity contribution in [2.75, 3.05) is 5.75 Å². The molecular formula is C13H18O4S. The summed E-state index contributed by atoms with van der Waals surface area (Å²) in [6.45, 7) is 3.85. The molecule has 0 unspecified atom stereocenters. The van der Waals surface area contributed by atoms with Crippen LogP contribution in [-0.4, -0.2) is 25.2 Å². The third-order valence-electron chi connectivity index (χ3n) is 2.51. The SMILES string of the molecule is Cc1cc(C)cc(CS(=O)(=O)CCCC(=O)O)c1. The molecule has 0 amide bonds. The summed E-state index contributed by atoms with van der Waals surface area (Å²) in [4.78, 5) is 10.3.